The third kappa shape index (κ3) is 3.32. The molecule has 0 unspecified atom stereocenters. The van der Waals surface area contributed by atoms with E-state index < -0.39 is 15.8 Å². The van der Waals surface area contributed by atoms with Crippen molar-refractivity contribution in [2.75, 3.05) is 10.5 Å². The summed E-state index contributed by atoms with van der Waals surface area (Å²) in [5, 5.41) is 8.80. The highest BCUT2D eigenvalue weighted by Crippen LogP contribution is 2.28. The van der Waals surface area contributed by atoms with Crippen molar-refractivity contribution in [2.24, 2.45) is 0 Å². The van der Waals surface area contributed by atoms with Crippen LogP contribution in [0.2, 0.25) is 0 Å². The van der Waals surface area contributed by atoms with Gasteiger partial charge < -0.3 is 5.73 Å². The number of nitriles is 1. The number of anilines is 2. The normalized spacial score (nSPS) is 10.9. The lowest BCUT2D eigenvalue weighted by Gasteiger charge is -2.11. The molecule has 0 radical (unpaired) electrons. The molecular formula is C13H9BrFN3O2S. The summed E-state index contributed by atoms with van der Waals surface area (Å²) in [7, 11) is -3.96. The van der Waals surface area contributed by atoms with Gasteiger partial charge in [0.05, 0.1) is 23.0 Å². The number of hydrogen-bond acceptors (Lipinski definition) is 4. The molecule has 2 aromatic carbocycles. The van der Waals surface area contributed by atoms with Gasteiger partial charge in [0.25, 0.3) is 10.0 Å². The minimum Gasteiger partial charge on any atom is -0.396 e. The van der Waals surface area contributed by atoms with Gasteiger partial charge in [-0.1, -0.05) is 6.07 Å². The summed E-state index contributed by atoms with van der Waals surface area (Å²) in [6, 6.07) is 9.89. The van der Waals surface area contributed by atoms with Crippen molar-refractivity contribution in [3.8, 4) is 6.07 Å². The minimum absolute atomic E-state index is 0.0538. The van der Waals surface area contributed by atoms with Crippen molar-refractivity contribution in [1.82, 2.24) is 0 Å². The highest BCUT2D eigenvalue weighted by atomic mass is 79.9. The van der Waals surface area contributed by atoms with Crippen molar-refractivity contribution in [1.29, 1.82) is 5.26 Å². The number of halogens is 2. The molecule has 0 atom stereocenters. The van der Waals surface area contributed by atoms with Gasteiger partial charge in [-0.2, -0.15) is 5.26 Å². The lowest BCUT2D eigenvalue weighted by atomic mass is 10.2. The van der Waals surface area contributed by atoms with Crippen LogP contribution in [0, 0.1) is 17.1 Å². The van der Waals surface area contributed by atoms with Gasteiger partial charge in [-0.15, -0.1) is 0 Å². The van der Waals surface area contributed by atoms with Gasteiger partial charge >= 0.3 is 0 Å². The maximum Gasteiger partial charge on any atom is 0.263 e. The Bertz CT molecular complexity index is 847. The first-order chi connectivity index (χ1) is 9.83. The van der Waals surface area contributed by atoms with E-state index in [1.54, 1.807) is 12.1 Å². The summed E-state index contributed by atoms with van der Waals surface area (Å²) >= 11 is 2.99. The Labute approximate surface area is 129 Å². The lowest BCUT2D eigenvalue weighted by Crippen LogP contribution is -2.14. The van der Waals surface area contributed by atoms with Gasteiger partial charge in [0.2, 0.25) is 0 Å². The summed E-state index contributed by atoms with van der Waals surface area (Å²) in [4.78, 5) is -0.191. The molecule has 0 saturated heterocycles. The Hall–Kier alpha value is -2.11. The molecule has 0 heterocycles. The molecule has 0 aliphatic rings. The Morgan fingerprint density at radius 1 is 1.29 bits per heavy atom. The van der Waals surface area contributed by atoms with Gasteiger partial charge in [0.15, 0.2) is 0 Å². The van der Waals surface area contributed by atoms with Crippen LogP contribution in [0.15, 0.2) is 45.8 Å². The molecule has 0 amide bonds. The maximum absolute atomic E-state index is 13.3. The second-order valence-corrected chi connectivity index (χ2v) is 6.61. The molecule has 2 rings (SSSR count). The minimum atomic E-state index is -3.96. The molecule has 8 heteroatoms. The largest absolute Gasteiger partial charge is 0.396 e. The van der Waals surface area contributed by atoms with E-state index in [1.807, 2.05) is 6.07 Å². The molecular weight excluding hydrogens is 361 g/mol. The highest BCUT2D eigenvalue weighted by Gasteiger charge is 2.20. The highest BCUT2D eigenvalue weighted by molar-refractivity contribution is 9.10. The third-order valence-electron chi connectivity index (χ3n) is 2.58. The molecule has 0 spiro atoms. The van der Waals surface area contributed by atoms with E-state index in [2.05, 4.69) is 20.7 Å². The predicted octanol–water partition coefficient (Wildman–Crippen LogP) is 2.84. The van der Waals surface area contributed by atoms with Crippen molar-refractivity contribution in [3.05, 3.63) is 52.3 Å². The molecule has 0 fully saturated rings. The zero-order chi connectivity index (χ0) is 15.6. The molecule has 0 saturated carbocycles. The molecule has 0 aromatic heterocycles. The van der Waals surface area contributed by atoms with Crippen LogP contribution in [0.25, 0.3) is 0 Å². The van der Waals surface area contributed by atoms with Crippen molar-refractivity contribution < 1.29 is 12.8 Å². The SMILES string of the molecule is N#Cc1cccc(NS(=O)(=O)c2cc(N)c(F)cc2Br)c1. The van der Waals surface area contributed by atoms with Gasteiger partial charge in [-0.3, -0.25) is 4.72 Å². The zero-order valence-electron chi connectivity index (χ0n) is 10.5. The fraction of sp³-hybridized carbons (Fsp3) is 0. The van der Waals surface area contributed by atoms with Crippen LogP contribution in [0.1, 0.15) is 5.56 Å². The number of nitrogens with zero attached hydrogens (tertiary/aromatic N) is 1. The third-order valence-corrected chi connectivity index (χ3v) is 4.92. The molecule has 5 nitrogen and oxygen atoms in total. The number of rotatable bonds is 3. The smallest absolute Gasteiger partial charge is 0.263 e. The van der Waals surface area contributed by atoms with E-state index in [0.717, 1.165) is 12.1 Å². The van der Waals surface area contributed by atoms with Gasteiger partial charge in [0.1, 0.15) is 10.7 Å². The van der Waals surface area contributed by atoms with Crippen LogP contribution < -0.4 is 10.5 Å². The second kappa shape index (κ2) is 5.71. The van der Waals surface area contributed by atoms with Crippen molar-refractivity contribution in [2.45, 2.75) is 4.90 Å². The average molecular weight is 370 g/mol. The van der Waals surface area contributed by atoms with Crippen LogP contribution in [-0.4, -0.2) is 8.42 Å². The van der Waals surface area contributed by atoms with Crippen LogP contribution in [0.3, 0.4) is 0 Å². The van der Waals surface area contributed by atoms with Gasteiger partial charge in [-0.05, 0) is 46.3 Å². The van der Waals surface area contributed by atoms with E-state index >= 15 is 0 Å². The first kappa shape index (κ1) is 15.3. The molecule has 108 valence electrons. The Morgan fingerprint density at radius 3 is 2.67 bits per heavy atom. The van der Waals surface area contributed by atoms with Gasteiger partial charge in [-0.25, -0.2) is 12.8 Å². The fourth-order valence-electron chi connectivity index (χ4n) is 1.61. The number of hydrogen-bond donors (Lipinski definition) is 2. The van der Waals surface area contributed by atoms with E-state index in [1.165, 1.54) is 12.1 Å². The van der Waals surface area contributed by atoms with Crippen LogP contribution in [-0.2, 0) is 10.0 Å². The quantitative estimate of drug-likeness (QED) is 0.812. The van der Waals surface area contributed by atoms with E-state index in [4.69, 9.17) is 11.0 Å². The lowest BCUT2D eigenvalue weighted by molar-refractivity contribution is 0.599. The molecule has 2 aromatic rings. The maximum atomic E-state index is 13.3. The number of nitrogens with two attached hydrogens (primary N) is 1. The predicted molar refractivity (Wildman–Crippen MR) is 80.5 cm³/mol. The molecule has 0 aliphatic carbocycles. The number of benzene rings is 2. The fourth-order valence-corrected chi connectivity index (χ4v) is 3.71. The first-order valence-electron chi connectivity index (χ1n) is 5.61. The standard InChI is InChI=1S/C13H9BrFN3O2S/c14-10-5-11(15)12(17)6-13(10)21(19,20)18-9-3-1-2-8(4-9)7-16/h1-6,18H,17H2. The van der Waals surface area contributed by atoms with Crippen LogP contribution in [0.4, 0.5) is 15.8 Å². The summed E-state index contributed by atoms with van der Waals surface area (Å²) in [6.45, 7) is 0. The molecule has 21 heavy (non-hydrogen) atoms. The molecule has 3 N–H and O–H groups in total. The number of sulfonamides is 1. The topological polar surface area (TPSA) is 96.0 Å². The second-order valence-electron chi connectivity index (χ2n) is 4.10. The van der Waals surface area contributed by atoms with E-state index in [0.29, 0.717) is 5.56 Å². The van der Waals surface area contributed by atoms with Crippen LogP contribution in [0.5, 0.6) is 0 Å². The van der Waals surface area contributed by atoms with Crippen LogP contribution >= 0.6 is 15.9 Å². The summed E-state index contributed by atoms with van der Waals surface area (Å²) in [6.07, 6.45) is 0. The van der Waals surface area contributed by atoms with E-state index in [-0.39, 0.29) is 20.7 Å². The average Bonchev–Trinajstić information content (AvgIpc) is 2.42. The Kier molecular flexibility index (Phi) is 4.16. The molecule has 0 aliphatic heterocycles. The van der Waals surface area contributed by atoms with Gasteiger partial charge in [0, 0.05) is 4.47 Å². The first-order valence-corrected chi connectivity index (χ1v) is 7.88. The van der Waals surface area contributed by atoms with E-state index in [9.17, 15) is 12.8 Å². The zero-order valence-corrected chi connectivity index (χ0v) is 12.9. The summed E-state index contributed by atoms with van der Waals surface area (Å²) < 4.78 is 40.2. The Morgan fingerprint density at radius 2 is 2.00 bits per heavy atom. The Balaban J connectivity index is 2.43. The number of nitrogen functional groups attached to an aromatic ring is 1. The van der Waals surface area contributed by atoms with Crippen molar-refractivity contribution in [3.63, 3.8) is 0 Å². The number of nitrogens with one attached hydrogen (secondary N) is 1. The summed E-state index contributed by atoms with van der Waals surface area (Å²) in [5.74, 6) is -0.715. The summed E-state index contributed by atoms with van der Waals surface area (Å²) in [5.41, 5.74) is 5.66. The van der Waals surface area contributed by atoms with Crippen molar-refractivity contribution >= 4 is 37.3 Å². The molecule has 0 bridgehead atoms. The monoisotopic (exact) mass is 369 g/mol.